The van der Waals surface area contributed by atoms with E-state index in [-0.39, 0.29) is 0 Å². The van der Waals surface area contributed by atoms with E-state index in [9.17, 15) is 0 Å². The predicted octanol–water partition coefficient (Wildman–Crippen LogP) is 3.97. The molecule has 0 saturated heterocycles. The van der Waals surface area contributed by atoms with E-state index in [1.807, 2.05) is 6.08 Å². The summed E-state index contributed by atoms with van der Waals surface area (Å²) < 4.78 is 0. The average molecular weight is 178 g/mol. The maximum absolute atomic E-state index is 3.75. The van der Waals surface area contributed by atoms with E-state index in [1.165, 1.54) is 20.1 Å². The van der Waals surface area contributed by atoms with Gasteiger partial charge < -0.3 is 0 Å². The fourth-order valence-electron chi connectivity index (χ4n) is 1.50. The van der Waals surface area contributed by atoms with Gasteiger partial charge in [0.25, 0.3) is 0 Å². The summed E-state index contributed by atoms with van der Waals surface area (Å²) in [7, 11) is 1.28. The van der Waals surface area contributed by atoms with Crippen LogP contribution in [0.1, 0.15) is 40.5 Å². The van der Waals surface area contributed by atoms with Crippen LogP contribution in [0.2, 0.25) is 12.1 Å². The van der Waals surface area contributed by atoms with Gasteiger partial charge in [-0.2, -0.15) is 0 Å². The quantitative estimate of drug-likeness (QED) is 0.426. The standard InChI is InChI=1S/C12H23B/c1-6-8-13-12(5)9-11(4)10(3)7-2/h6,12-13H,1,7-9H2,2-5H3/b11-10-. The second-order valence-electron chi connectivity index (χ2n) is 4.09. The van der Waals surface area contributed by atoms with Gasteiger partial charge in [-0.1, -0.05) is 43.2 Å². The van der Waals surface area contributed by atoms with Crippen LogP contribution in [-0.2, 0) is 0 Å². The first-order valence-corrected chi connectivity index (χ1v) is 5.37. The highest BCUT2D eigenvalue weighted by molar-refractivity contribution is 6.38. The van der Waals surface area contributed by atoms with Crippen molar-refractivity contribution in [3.8, 4) is 0 Å². The highest BCUT2D eigenvalue weighted by atomic mass is 14.0. The number of rotatable bonds is 6. The first kappa shape index (κ1) is 12.5. The molecule has 0 aliphatic rings. The molecule has 1 heteroatoms. The molecule has 1 atom stereocenters. The maximum Gasteiger partial charge on any atom is 0.128 e. The second kappa shape index (κ2) is 7.00. The van der Waals surface area contributed by atoms with E-state index in [2.05, 4.69) is 34.3 Å². The third-order valence-electron chi connectivity index (χ3n) is 2.78. The van der Waals surface area contributed by atoms with E-state index >= 15 is 0 Å². The number of allylic oxidation sites excluding steroid dienone is 3. The van der Waals surface area contributed by atoms with Crippen molar-refractivity contribution in [1.82, 2.24) is 0 Å². The molecule has 0 aliphatic carbocycles. The third-order valence-corrected chi connectivity index (χ3v) is 2.78. The van der Waals surface area contributed by atoms with Crippen LogP contribution in [-0.4, -0.2) is 7.28 Å². The molecule has 0 aromatic rings. The summed E-state index contributed by atoms with van der Waals surface area (Å²) in [6.07, 6.45) is 5.62. The van der Waals surface area contributed by atoms with Crippen molar-refractivity contribution in [2.75, 3.05) is 0 Å². The van der Waals surface area contributed by atoms with Gasteiger partial charge in [0.1, 0.15) is 7.28 Å². The molecule has 0 nitrogen and oxygen atoms in total. The first-order chi connectivity index (χ1) is 6.11. The minimum atomic E-state index is 0.805. The van der Waals surface area contributed by atoms with E-state index in [0.717, 1.165) is 12.1 Å². The Balaban J connectivity index is 3.90. The Hall–Kier alpha value is -0.455. The normalized spacial score (nSPS) is 14.8. The summed E-state index contributed by atoms with van der Waals surface area (Å²) in [6, 6.07) is 0. The zero-order chi connectivity index (χ0) is 10.3. The Morgan fingerprint density at radius 2 is 2.00 bits per heavy atom. The molecule has 1 unspecified atom stereocenters. The molecule has 13 heavy (non-hydrogen) atoms. The smallest absolute Gasteiger partial charge is 0.104 e. The van der Waals surface area contributed by atoms with E-state index < -0.39 is 0 Å². The summed E-state index contributed by atoms with van der Waals surface area (Å²) >= 11 is 0. The lowest BCUT2D eigenvalue weighted by atomic mass is 9.60. The molecule has 0 aromatic heterocycles. The van der Waals surface area contributed by atoms with Gasteiger partial charge in [0.15, 0.2) is 0 Å². The molecule has 0 bridgehead atoms. The lowest BCUT2D eigenvalue weighted by Gasteiger charge is -2.11. The van der Waals surface area contributed by atoms with Gasteiger partial charge in [0, 0.05) is 0 Å². The van der Waals surface area contributed by atoms with Crippen LogP contribution in [0.15, 0.2) is 23.8 Å². The molecular weight excluding hydrogens is 155 g/mol. The molecule has 74 valence electrons. The van der Waals surface area contributed by atoms with Gasteiger partial charge in [0.05, 0.1) is 0 Å². The van der Waals surface area contributed by atoms with Gasteiger partial charge in [0.2, 0.25) is 0 Å². The molecule has 0 radical (unpaired) electrons. The predicted molar refractivity (Wildman–Crippen MR) is 64.9 cm³/mol. The second-order valence-corrected chi connectivity index (χ2v) is 4.09. The molecule has 0 aromatic carbocycles. The van der Waals surface area contributed by atoms with Crippen LogP contribution >= 0.6 is 0 Å². The first-order valence-electron chi connectivity index (χ1n) is 5.37. The van der Waals surface area contributed by atoms with Crippen LogP contribution in [0.3, 0.4) is 0 Å². The van der Waals surface area contributed by atoms with Gasteiger partial charge in [-0.05, 0) is 26.7 Å². The summed E-state index contributed by atoms with van der Waals surface area (Å²) in [6.45, 7) is 12.8. The SMILES string of the molecule is C=CCBC(C)C/C(C)=C(/C)CC. The van der Waals surface area contributed by atoms with Gasteiger partial charge >= 0.3 is 0 Å². The molecule has 0 rings (SSSR count). The molecule has 0 amide bonds. The summed E-state index contributed by atoms with van der Waals surface area (Å²) in [5, 5.41) is 0. The number of hydrogen-bond donors (Lipinski definition) is 0. The molecule has 0 N–H and O–H groups in total. The Morgan fingerprint density at radius 1 is 1.38 bits per heavy atom. The molecule has 0 heterocycles. The third kappa shape index (κ3) is 5.73. The Bertz CT molecular complexity index is 180. The van der Waals surface area contributed by atoms with Crippen molar-refractivity contribution < 1.29 is 0 Å². The lowest BCUT2D eigenvalue weighted by Crippen LogP contribution is -1.99. The average Bonchev–Trinajstić information content (AvgIpc) is 2.13. The zero-order valence-corrected chi connectivity index (χ0v) is 9.69. The van der Waals surface area contributed by atoms with Crippen molar-refractivity contribution in [3.63, 3.8) is 0 Å². The van der Waals surface area contributed by atoms with Crippen LogP contribution in [0.4, 0.5) is 0 Å². The Labute approximate surface area is 84.4 Å². The Kier molecular flexibility index (Phi) is 6.75. The van der Waals surface area contributed by atoms with Crippen molar-refractivity contribution >= 4 is 7.28 Å². The summed E-state index contributed by atoms with van der Waals surface area (Å²) in [5.74, 6) is 0.805. The molecule has 0 spiro atoms. The number of hydrogen-bond acceptors (Lipinski definition) is 0. The van der Waals surface area contributed by atoms with Crippen LogP contribution in [0.25, 0.3) is 0 Å². The van der Waals surface area contributed by atoms with Gasteiger partial charge in [-0.15, -0.1) is 6.58 Å². The molecular formula is C12H23B. The van der Waals surface area contributed by atoms with Crippen molar-refractivity contribution in [1.29, 1.82) is 0 Å². The largest absolute Gasteiger partial charge is 0.128 e. The van der Waals surface area contributed by atoms with Crippen molar-refractivity contribution in [3.05, 3.63) is 23.8 Å². The Morgan fingerprint density at radius 3 is 2.46 bits per heavy atom. The fourth-order valence-corrected chi connectivity index (χ4v) is 1.50. The van der Waals surface area contributed by atoms with Gasteiger partial charge in [-0.25, -0.2) is 0 Å². The monoisotopic (exact) mass is 178 g/mol. The highest BCUT2D eigenvalue weighted by Gasteiger charge is 2.04. The van der Waals surface area contributed by atoms with Gasteiger partial charge in [-0.3, -0.25) is 0 Å². The van der Waals surface area contributed by atoms with Crippen LogP contribution < -0.4 is 0 Å². The van der Waals surface area contributed by atoms with Crippen molar-refractivity contribution in [2.45, 2.75) is 52.7 Å². The fraction of sp³-hybridized carbons (Fsp3) is 0.667. The van der Waals surface area contributed by atoms with E-state index in [4.69, 9.17) is 0 Å². The summed E-state index contributed by atoms with van der Waals surface area (Å²) in [5.41, 5.74) is 3.14. The topological polar surface area (TPSA) is 0 Å². The maximum atomic E-state index is 3.75. The zero-order valence-electron chi connectivity index (χ0n) is 9.69. The lowest BCUT2D eigenvalue weighted by molar-refractivity contribution is 0.860. The minimum Gasteiger partial charge on any atom is -0.104 e. The highest BCUT2D eigenvalue weighted by Crippen LogP contribution is 2.20. The van der Waals surface area contributed by atoms with Crippen molar-refractivity contribution in [2.24, 2.45) is 0 Å². The molecule has 0 saturated carbocycles. The van der Waals surface area contributed by atoms with E-state index in [1.54, 1.807) is 11.1 Å². The molecule has 0 fully saturated rings. The van der Waals surface area contributed by atoms with Crippen LogP contribution in [0.5, 0.6) is 0 Å². The van der Waals surface area contributed by atoms with E-state index in [0.29, 0.717) is 0 Å². The molecule has 0 aliphatic heterocycles. The minimum absolute atomic E-state index is 0.805. The van der Waals surface area contributed by atoms with Crippen LogP contribution in [0, 0.1) is 0 Å². The summed E-state index contributed by atoms with van der Waals surface area (Å²) in [4.78, 5) is 0.